The van der Waals surface area contributed by atoms with Crippen molar-refractivity contribution in [2.45, 2.75) is 32.0 Å². The fourth-order valence-electron chi connectivity index (χ4n) is 3.05. The molecular formula is C15H20F3N3O2. The number of aliphatic carboxylic acids is 1. The normalized spacial score (nSPS) is 18.8. The first-order chi connectivity index (χ1) is 10.7. The molecule has 0 saturated carbocycles. The van der Waals surface area contributed by atoms with Crippen LogP contribution < -0.4 is 0 Å². The fraction of sp³-hybridized carbons (Fsp3) is 0.600. The third-order valence-corrected chi connectivity index (χ3v) is 4.37. The third kappa shape index (κ3) is 3.74. The van der Waals surface area contributed by atoms with Crippen LogP contribution in [0.25, 0.3) is 0 Å². The first-order valence-corrected chi connectivity index (χ1v) is 7.34. The van der Waals surface area contributed by atoms with Crippen LogP contribution in [-0.2, 0) is 24.6 Å². The van der Waals surface area contributed by atoms with Crippen LogP contribution in [0.1, 0.15) is 30.5 Å². The Bertz CT molecular complexity index is 587. The summed E-state index contributed by atoms with van der Waals surface area (Å²) in [7, 11) is 1.45. The molecule has 0 amide bonds. The van der Waals surface area contributed by atoms with Gasteiger partial charge < -0.3 is 5.11 Å². The fourth-order valence-corrected chi connectivity index (χ4v) is 3.05. The molecular weight excluding hydrogens is 311 g/mol. The van der Waals surface area contributed by atoms with Crippen LogP contribution in [-0.4, -0.2) is 38.8 Å². The molecule has 0 atom stereocenters. The number of carboxylic acid groups (broad SMARTS) is 1. The number of halogens is 3. The van der Waals surface area contributed by atoms with Gasteiger partial charge in [-0.1, -0.05) is 6.08 Å². The summed E-state index contributed by atoms with van der Waals surface area (Å²) in [5.41, 5.74) is -1.60. The smallest absolute Gasteiger partial charge is 0.435 e. The zero-order valence-electron chi connectivity index (χ0n) is 12.9. The molecule has 1 aromatic rings. The van der Waals surface area contributed by atoms with Crippen LogP contribution in [0.5, 0.6) is 0 Å². The molecule has 128 valence electrons. The van der Waals surface area contributed by atoms with Crippen molar-refractivity contribution in [1.82, 2.24) is 14.7 Å². The Morgan fingerprint density at radius 2 is 2.09 bits per heavy atom. The standard InChI is InChI=1S/C15H20F3N3O2/c1-3-4-14(13(22)23)5-7-21(8-6-14)10-11-9-20(2)19-12(11)15(16,17)18/h3,9H,1,4-8,10H2,2H3,(H,22,23). The minimum atomic E-state index is -4.49. The molecule has 2 heterocycles. The summed E-state index contributed by atoms with van der Waals surface area (Å²) < 4.78 is 40.0. The van der Waals surface area contributed by atoms with E-state index in [0.29, 0.717) is 32.4 Å². The van der Waals surface area contributed by atoms with Gasteiger partial charge in [-0.05, 0) is 32.4 Å². The maximum atomic E-state index is 13.0. The Labute approximate surface area is 132 Å². The van der Waals surface area contributed by atoms with E-state index < -0.39 is 23.3 Å². The van der Waals surface area contributed by atoms with Crippen LogP contribution in [0.2, 0.25) is 0 Å². The molecule has 1 fully saturated rings. The van der Waals surface area contributed by atoms with E-state index in [-0.39, 0.29) is 12.1 Å². The predicted molar refractivity (Wildman–Crippen MR) is 77.6 cm³/mol. The highest BCUT2D eigenvalue weighted by Crippen LogP contribution is 2.37. The SMILES string of the molecule is C=CCC1(C(=O)O)CCN(Cc2cn(C)nc2C(F)(F)F)CC1. The molecule has 0 unspecified atom stereocenters. The van der Waals surface area contributed by atoms with Gasteiger partial charge in [0, 0.05) is 25.4 Å². The maximum Gasteiger partial charge on any atom is 0.435 e. The molecule has 1 aromatic heterocycles. The van der Waals surface area contributed by atoms with Crippen LogP contribution in [0.3, 0.4) is 0 Å². The molecule has 0 spiro atoms. The molecule has 8 heteroatoms. The maximum absolute atomic E-state index is 13.0. The molecule has 1 saturated heterocycles. The highest BCUT2D eigenvalue weighted by molar-refractivity contribution is 5.75. The number of carboxylic acids is 1. The Morgan fingerprint density at radius 1 is 1.48 bits per heavy atom. The number of aryl methyl sites for hydroxylation is 1. The van der Waals surface area contributed by atoms with E-state index in [1.165, 1.54) is 13.2 Å². The van der Waals surface area contributed by atoms with E-state index in [4.69, 9.17) is 0 Å². The zero-order valence-corrected chi connectivity index (χ0v) is 12.9. The van der Waals surface area contributed by atoms with Crippen molar-refractivity contribution in [2.75, 3.05) is 13.1 Å². The predicted octanol–water partition coefficient (Wildman–Crippen LogP) is 2.68. The summed E-state index contributed by atoms with van der Waals surface area (Å²) in [4.78, 5) is 13.3. The summed E-state index contributed by atoms with van der Waals surface area (Å²) in [6.45, 7) is 4.59. The number of hydrogen-bond donors (Lipinski definition) is 1. The van der Waals surface area contributed by atoms with E-state index in [1.807, 2.05) is 4.90 Å². The van der Waals surface area contributed by atoms with Crippen molar-refractivity contribution in [1.29, 1.82) is 0 Å². The number of allylic oxidation sites excluding steroid dienone is 1. The van der Waals surface area contributed by atoms with Gasteiger partial charge in [-0.15, -0.1) is 6.58 Å². The summed E-state index contributed by atoms with van der Waals surface area (Å²) >= 11 is 0. The van der Waals surface area contributed by atoms with E-state index in [9.17, 15) is 23.1 Å². The number of aromatic nitrogens is 2. The highest BCUT2D eigenvalue weighted by atomic mass is 19.4. The van der Waals surface area contributed by atoms with Gasteiger partial charge in [-0.2, -0.15) is 18.3 Å². The lowest BCUT2D eigenvalue weighted by atomic mass is 9.75. The van der Waals surface area contributed by atoms with Gasteiger partial charge in [0.1, 0.15) is 0 Å². The molecule has 23 heavy (non-hydrogen) atoms. The lowest BCUT2D eigenvalue weighted by Crippen LogP contribution is -2.44. The summed E-state index contributed by atoms with van der Waals surface area (Å²) in [6.07, 6.45) is -0.360. The number of rotatable bonds is 5. The monoisotopic (exact) mass is 331 g/mol. The van der Waals surface area contributed by atoms with Gasteiger partial charge in [0.05, 0.1) is 5.41 Å². The van der Waals surface area contributed by atoms with Crippen LogP contribution in [0.4, 0.5) is 13.2 Å². The Kier molecular flexibility index (Phi) is 4.84. The van der Waals surface area contributed by atoms with Crippen molar-refractivity contribution in [3.63, 3.8) is 0 Å². The van der Waals surface area contributed by atoms with Crippen molar-refractivity contribution >= 4 is 5.97 Å². The van der Waals surface area contributed by atoms with E-state index >= 15 is 0 Å². The van der Waals surface area contributed by atoms with Crippen molar-refractivity contribution in [2.24, 2.45) is 12.5 Å². The molecule has 1 aliphatic rings. The number of alkyl halides is 3. The topological polar surface area (TPSA) is 58.4 Å². The quantitative estimate of drug-likeness (QED) is 0.843. The summed E-state index contributed by atoms with van der Waals surface area (Å²) in [5, 5.41) is 12.9. The molecule has 0 radical (unpaired) electrons. The molecule has 0 aliphatic carbocycles. The number of carbonyl (C=O) groups is 1. The molecule has 1 aliphatic heterocycles. The van der Waals surface area contributed by atoms with Gasteiger partial charge >= 0.3 is 12.1 Å². The Morgan fingerprint density at radius 3 is 2.57 bits per heavy atom. The highest BCUT2D eigenvalue weighted by Gasteiger charge is 2.41. The van der Waals surface area contributed by atoms with Crippen molar-refractivity contribution < 1.29 is 23.1 Å². The minimum absolute atomic E-state index is 0.117. The molecule has 5 nitrogen and oxygen atoms in total. The third-order valence-electron chi connectivity index (χ3n) is 4.37. The lowest BCUT2D eigenvalue weighted by molar-refractivity contribution is -0.152. The average molecular weight is 331 g/mol. The van der Waals surface area contributed by atoms with Gasteiger partial charge in [-0.25, -0.2) is 0 Å². The summed E-state index contributed by atoms with van der Waals surface area (Å²) in [5.74, 6) is -0.866. The molecule has 2 rings (SSSR count). The molecule has 0 bridgehead atoms. The van der Waals surface area contributed by atoms with Crippen molar-refractivity contribution in [3.05, 3.63) is 30.1 Å². The van der Waals surface area contributed by atoms with Gasteiger partial charge in [-0.3, -0.25) is 14.4 Å². The van der Waals surface area contributed by atoms with Crippen LogP contribution >= 0.6 is 0 Å². The van der Waals surface area contributed by atoms with Crippen LogP contribution in [0.15, 0.2) is 18.9 Å². The van der Waals surface area contributed by atoms with E-state index in [1.54, 1.807) is 6.08 Å². The first-order valence-electron chi connectivity index (χ1n) is 7.34. The first kappa shape index (κ1) is 17.5. The Hall–Kier alpha value is -1.83. The van der Waals surface area contributed by atoms with Crippen molar-refractivity contribution in [3.8, 4) is 0 Å². The number of likely N-dealkylation sites (tertiary alicyclic amines) is 1. The lowest BCUT2D eigenvalue weighted by Gasteiger charge is -2.38. The van der Waals surface area contributed by atoms with Crippen LogP contribution in [0, 0.1) is 5.41 Å². The summed E-state index contributed by atoms with van der Waals surface area (Å²) in [6, 6.07) is 0. The van der Waals surface area contributed by atoms with E-state index in [0.717, 1.165) is 4.68 Å². The minimum Gasteiger partial charge on any atom is -0.481 e. The largest absolute Gasteiger partial charge is 0.481 e. The second kappa shape index (κ2) is 6.35. The average Bonchev–Trinajstić information content (AvgIpc) is 2.82. The van der Waals surface area contributed by atoms with Gasteiger partial charge in [0.25, 0.3) is 0 Å². The van der Waals surface area contributed by atoms with Gasteiger partial charge in [0.2, 0.25) is 0 Å². The molecule has 1 N–H and O–H groups in total. The zero-order chi connectivity index (χ0) is 17.3. The second-order valence-corrected chi connectivity index (χ2v) is 6.03. The Balaban J connectivity index is 2.08. The number of hydrogen-bond acceptors (Lipinski definition) is 3. The second-order valence-electron chi connectivity index (χ2n) is 6.03. The molecule has 0 aromatic carbocycles. The number of nitrogens with zero attached hydrogens (tertiary/aromatic N) is 3. The van der Waals surface area contributed by atoms with E-state index in [2.05, 4.69) is 11.7 Å². The van der Waals surface area contributed by atoms with Gasteiger partial charge in [0.15, 0.2) is 5.69 Å². The number of piperidine rings is 1.